The topological polar surface area (TPSA) is 75.7 Å². The molecule has 146 valence electrons. The van der Waals surface area contributed by atoms with Crippen LogP contribution in [0.25, 0.3) is 10.2 Å². The minimum absolute atomic E-state index is 0.147. The number of benzene rings is 1. The number of rotatable bonds is 6. The minimum Gasteiger partial charge on any atom is -0.381 e. The number of carbonyl (C=O) groups is 1. The maximum absolute atomic E-state index is 12.3. The Labute approximate surface area is 163 Å². The van der Waals surface area contributed by atoms with Gasteiger partial charge in [-0.05, 0) is 18.6 Å². The number of hydrogen-bond acceptors (Lipinski definition) is 6. The average Bonchev–Trinajstić information content (AvgIpc) is 3.37. The van der Waals surface area contributed by atoms with Crippen molar-refractivity contribution < 1.29 is 14.3 Å². The zero-order valence-corrected chi connectivity index (χ0v) is 16.2. The first-order valence-corrected chi connectivity index (χ1v) is 10.4. The molecule has 2 aromatic rings. The summed E-state index contributed by atoms with van der Waals surface area (Å²) >= 11 is 1.61. The van der Waals surface area contributed by atoms with Crippen LogP contribution in [0.4, 0.5) is 4.79 Å². The Kier molecular flexibility index (Phi) is 6.18. The molecule has 0 saturated carbocycles. The number of ether oxygens (including phenoxy) is 2. The van der Waals surface area contributed by atoms with Gasteiger partial charge in [0, 0.05) is 38.2 Å². The summed E-state index contributed by atoms with van der Waals surface area (Å²) in [5.74, 6) is 0.465. The summed E-state index contributed by atoms with van der Waals surface area (Å²) in [4.78, 5) is 19.3. The number of thiazole rings is 1. The maximum atomic E-state index is 12.3. The van der Waals surface area contributed by atoms with Crippen molar-refractivity contribution in [3.63, 3.8) is 0 Å². The lowest BCUT2D eigenvalue weighted by Gasteiger charge is -2.37. The van der Waals surface area contributed by atoms with Gasteiger partial charge in [0.2, 0.25) is 0 Å². The number of carbonyl (C=O) groups excluding carboxylic acids is 1. The molecule has 2 fully saturated rings. The first-order chi connectivity index (χ1) is 13.3. The predicted octanol–water partition coefficient (Wildman–Crippen LogP) is 1.83. The molecule has 2 aliphatic rings. The Morgan fingerprint density at radius 3 is 2.85 bits per heavy atom. The third-order valence-corrected chi connectivity index (χ3v) is 6.27. The zero-order chi connectivity index (χ0) is 18.5. The number of amides is 2. The van der Waals surface area contributed by atoms with E-state index in [0.29, 0.717) is 25.0 Å². The van der Waals surface area contributed by atoms with Gasteiger partial charge in [0.15, 0.2) is 0 Å². The van der Waals surface area contributed by atoms with Crippen molar-refractivity contribution in [2.45, 2.75) is 19.0 Å². The van der Waals surface area contributed by atoms with Gasteiger partial charge in [-0.3, -0.25) is 4.90 Å². The van der Waals surface area contributed by atoms with Gasteiger partial charge >= 0.3 is 6.03 Å². The van der Waals surface area contributed by atoms with E-state index in [1.54, 1.807) is 11.3 Å². The molecule has 2 aliphatic heterocycles. The summed E-state index contributed by atoms with van der Waals surface area (Å²) in [6, 6.07) is 8.17. The molecule has 0 radical (unpaired) electrons. The lowest BCUT2D eigenvalue weighted by atomic mass is 9.97. The Hall–Kier alpha value is -1.74. The van der Waals surface area contributed by atoms with Crippen LogP contribution in [-0.2, 0) is 16.0 Å². The van der Waals surface area contributed by atoms with Gasteiger partial charge in [0.05, 0.1) is 36.6 Å². The average molecular weight is 391 g/mol. The number of hydrogen-bond donors (Lipinski definition) is 2. The van der Waals surface area contributed by atoms with Crippen LogP contribution in [0.3, 0.4) is 0 Å². The Morgan fingerprint density at radius 1 is 1.22 bits per heavy atom. The molecule has 2 N–H and O–H groups in total. The second-order valence-electron chi connectivity index (χ2n) is 6.98. The molecule has 3 heterocycles. The van der Waals surface area contributed by atoms with Gasteiger partial charge in [0.1, 0.15) is 5.01 Å². The van der Waals surface area contributed by atoms with Gasteiger partial charge in [-0.15, -0.1) is 11.3 Å². The Bertz CT molecular complexity index is 723. The van der Waals surface area contributed by atoms with Crippen molar-refractivity contribution in [2.75, 3.05) is 46.1 Å². The van der Waals surface area contributed by atoms with E-state index in [-0.39, 0.29) is 6.03 Å². The van der Waals surface area contributed by atoms with Gasteiger partial charge < -0.3 is 20.1 Å². The first kappa shape index (κ1) is 18.6. The van der Waals surface area contributed by atoms with Crippen LogP contribution in [0.2, 0.25) is 0 Å². The largest absolute Gasteiger partial charge is 0.381 e. The highest BCUT2D eigenvalue weighted by atomic mass is 32.1. The van der Waals surface area contributed by atoms with E-state index in [4.69, 9.17) is 9.47 Å². The quantitative estimate of drug-likeness (QED) is 0.787. The van der Waals surface area contributed by atoms with Crippen molar-refractivity contribution in [3.05, 3.63) is 29.3 Å². The maximum Gasteiger partial charge on any atom is 0.315 e. The van der Waals surface area contributed by atoms with Crippen molar-refractivity contribution in [3.8, 4) is 0 Å². The number of nitrogens with one attached hydrogen (secondary N) is 2. The third kappa shape index (κ3) is 4.76. The van der Waals surface area contributed by atoms with Crippen LogP contribution in [0.15, 0.2) is 24.3 Å². The van der Waals surface area contributed by atoms with Gasteiger partial charge in [-0.2, -0.15) is 0 Å². The highest BCUT2D eigenvalue weighted by Crippen LogP contribution is 2.22. The van der Waals surface area contributed by atoms with Gasteiger partial charge in [-0.25, -0.2) is 9.78 Å². The van der Waals surface area contributed by atoms with E-state index < -0.39 is 0 Å². The van der Waals surface area contributed by atoms with E-state index in [1.807, 2.05) is 24.3 Å². The molecule has 0 spiro atoms. The summed E-state index contributed by atoms with van der Waals surface area (Å²) in [7, 11) is 0. The molecule has 0 bridgehead atoms. The number of nitrogens with zero attached hydrogens (tertiary/aromatic N) is 2. The molecule has 4 rings (SSSR count). The van der Waals surface area contributed by atoms with Crippen LogP contribution in [0.1, 0.15) is 11.4 Å². The van der Waals surface area contributed by atoms with Gasteiger partial charge in [-0.1, -0.05) is 12.1 Å². The van der Waals surface area contributed by atoms with Crippen molar-refractivity contribution in [1.29, 1.82) is 0 Å². The minimum atomic E-state index is -0.147. The summed E-state index contributed by atoms with van der Waals surface area (Å²) in [5.41, 5.74) is 0.980. The molecular weight excluding hydrogens is 364 g/mol. The third-order valence-electron chi connectivity index (χ3n) is 5.23. The van der Waals surface area contributed by atoms with E-state index in [0.717, 1.165) is 61.2 Å². The van der Waals surface area contributed by atoms with Crippen LogP contribution in [0.5, 0.6) is 0 Å². The fraction of sp³-hybridized carbons (Fsp3) is 0.579. The van der Waals surface area contributed by atoms with E-state index in [1.165, 1.54) is 0 Å². The monoisotopic (exact) mass is 390 g/mol. The van der Waals surface area contributed by atoms with Crippen molar-refractivity contribution >= 4 is 27.6 Å². The number of fused-ring (bicyclic) bond motifs is 1. The summed E-state index contributed by atoms with van der Waals surface area (Å²) in [6.45, 7) is 6.00. The van der Waals surface area contributed by atoms with E-state index in [9.17, 15) is 4.79 Å². The molecule has 27 heavy (non-hydrogen) atoms. The highest BCUT2D eigenvalue weighted by molar-refractivity contribution is 7.18. The van der Waals surface area contributed by atoms with Crippen LogP contribution >= 0.6 is 11.3 Å². The highest BCUT2D eigenvalue weighted by Gasteiger charge is 2.31. The second kappa shape index (κ2) is 8.97. The SMILES string of the molecule is O=C(NCc1nc2ccccc2s1)NCC(C1CCOC1)N1CCOCC1. The van der Waals surface area contributed by atoms with Gasteiger partial charge in [0.25, 0.3) is 0 Å². The number of aromatic nitrogens is 1. The van der Waals surface area contributed by atoms with Crippen molar-refractivity contribution in [1.82, 2.24) is 20.5 Å². The molecular formula is C19H26N4O3S. The molecule has 8 heteroatoms. The molecule has 2 amide bonds. The van der Waals surface area contributed by atoms with Crippen molar-refractivity contribution in [2.24, 2.45) is 5.92 Å². The van der Waals surface area contributed by atoms with Crippen LogP contribution < -0.4 is 10.6 Å². The number of urea groups is 1. The number of para-hydroxylation sites is 1. The van der Waals surface area contributed by atoms with E-state index >= 15 is 0 Å². The normalized spacial score (nSPS) is 22.0. The lowest BCUT2D eigenvalue weighted by molar-refractivity contribution is 0.00212. The molecule has 2 saturated heterocycles. The number of morpholine rings is 1. The molecule has 2 atom stereocenters. The Balaban J connectivity index is 1.29. The Morgan fingerprint density at radius 2 is 2.07 bits per heavy atom. The zero-order valence-electron chi connectivity index (χ0n) is 15.4. The molecule has 1 aromatic carbocycles. The fourth-order valence-electron chi connectivity index (χ4n) is 3.77. The summed E-state index contributed by atoms with van der Waals surface area (Å²) in [5, 5.41) is 6.90. The standard InChI is InChI=1S/C19H26N4O3S/c24-19(21-12-18-22-15-3-1-2-4-17(15)27-18)20-11-16(14-5-8-26-13-14)23-6-9-25-10-7-23/h1-4,14,16H,5-13H2,(H2,20,21,24). The lowest BCUT2D eigenvalue weighted by Crippen LogP contribution is -2.53. The molecule has 0 aliphatic carbocycles. The first-order valence-electron chi connectivity index (χ1n) is 9.55. The second-order valence-corrected chi connectivity index (χ2v) is 8.09. The smallest absolute Gasteiger partial charge is 0.315 e. The molecule has 2 unspecified atom stereocenters. The predicted molar refractivity (Wildman–Crippen MR) is 105 cm³/mol. The van der Waals surface area contributed by atoms with Crippen LogP contribution in [-0.4, -0.2) is 68.0 Å². The fourth-order valence-corrected chi connectivity index (χ4v) is 4.68. The summed E-state index contributed by atoms with van der Waals surface area (Å²) < 4.78 is 12.2. The molecule has 7 nitrogen and oxygen atoms in total. The molecule has 1 aromatic heterocycles. The summed E-state index contributed by atoms with van der Waals surface area (Å²) in [6.07, 6.45) is 1.05. The van der Waals surface area contributed by atoms with E-state index in [2.05, 4.69) is 20.5 Å². The van der Waals surface area contributed by atoms with Crippen LogP contribution in [0, 0.1) is 5.92 Å².